The molecule has 0 radical (unpaired) electrons. The average molecular weight is 424 g/mol. The quantitative estimate of drug-likeness (QED) is 0.639. The van der Waals surface area contributed by atoms with E-state index in [0.717, 1.165) is 0 Å². The van der Waals surface area contributed by atoms with E-state index in [1.54, 1.807) is 36.4 Å². The van der Waals surface area contributed by atoms with Crippen LogP contribution in [0, 0.1) is 5.82 Å². The summed E-state index contributed by atoms with van der Waals surface area (Å²) in [6.07, 6.45) is 2.97. The Bertz CT molecular complexity index is 795. The molecule has 0 saturated heterocycles. The van der Waals surface area contributed by atoms with Crippen molar-refractivity contribution in [2.45, 2.75) is 6.61 Å². The predicted molar refractivity (Wildman–Crippen MR) is 101 cm³/mol. The third kappa shape index (κ3) is 5.57. The molecule has 138 valence electrons. The molecule has 2 aromatic carbocycles. The first-order valence-electron chi connectivity index (χ1n) is 7.85. The Labute approximate surface area is 159 Å². The number of aliphatic hydroxyl groups excluding tert-OH is 1. The number of hydrogen-bond acceptors (Lipinski definition) is 4. The van der Waals surface area contributed by atoms with E-state index in [1.165, 1.54) is 19.3 Å². The van der Waals surface area contributed by atoms with Gasteiger partial charge in [-0.2, -0.15) is 0 Å². The Morgan fingerprint density at radius 1 is 1.35 bits per heavy atom. The van der Waals surface area contributed by atoms with Gasteiger partial charge in [-0.25, -0.2) is 4.39 Å². The number of carbonyl (C=O) groups excluding carboxylic acids is 1. The number of benzene rings is 2. The molecule has 2 N–H and O–H groups in total. The molecule has 0 fully saturated rings. The summed E-state index contributed by atoms with van der Waals surface area (Å²) in [6.45, 7) is 0.131. The lowest BCUT2D eigenvalue weighted by Crippen LogP contribution is -2.24. The molecule has 0 spiro atoms. The van der Waals surface area contributed by atoms with Gasteiger partial charge in [-0.15, -0.1) is 0 Å². The maximum absolute atomic E-state index is 13.7. The fraction of sp³-hybridized carbons (Fsp3) is 0.211. The second-order valence-electron chi connectivity index (χ2n) is 5.26. The van der Waals surface area contributed by atoms with Crippen molar-refractivity contribution < 1.29 is 23.8 Å². The number of aliphatic hydroxyl groups is 1. The zero-order valence-electron chi connectivity index (χ0n) is 14.2. The number of methoxy groups -OCH3 is 1. The van der Waals surface area contributed by atoms with Crippen LogP contribution >= 0.6 is 15.9 Å². The molecular formula is C19H19BrFNO4. The average Bonchev–Trinajstić information content (AvgIpc) is 2.64. The number of carbonyl (C=O) groups is 1. The molecule has 0 bridgehead atoms. The first kappa shape index (κ1) is 19.9. The van der Waals surface area contributed by atoms with Gasteiger partial charge in [0.1, 0.15) is 12.4 Å². The molecule has 2 aromatic rings. The van der Waals surface area contributed by atoms with Gasteiger partial charge in [-0.1, -0.05) is 18.2 Å². The molecule has 0 aliphatic carbocycles. The fourth-order valence-electron chi connectivity index (χ4n) is 2.15. The Hall–Kier alpha value is -2.38. The second-order valence-corrected chi connectivity index (χ2v) is 6.12. The molecule has 0 aromatic heterocycles. The van der Waals surface area contributed by atoms with Crippen molar-refractivity contribution in [3.05, 3.63) is 63.9 Å². The Balaban J connectivity index is 2.14. The standard InChI is InChI=1S/C19H19BrFNO4/c1-25-17-11-13(6-7-18(24)22-8-9-23)10-15(20)19(17)26-12-14-4-2-3-5-16(14)21/h2-7,10-11,23H,8-9,12H2,1H3,(H,22,24)/b7-6+. The number of halogens is 2. The van der Waals surface area contributed by atoms with E-state index in [-0.39, 0.29) is 31.5 Å². The van der Waals surface area contributed by atoms with Gasteiger partial charge in [-0.05, 0) is 45.8 Å². The highest BCUT2D eigenvalue weighted by atomic mass is 79.9. The van der Waals surface area contributed by atoms with Gasteiger partial charge in [0, 0.05) is 18.2 Å². The van der Waals surface area contributed by atoms with E-state index in [4.69, 9.17) is 14.6 Å². The van der Waals surface area contributed by atoms with Crippen molar-refractivity contribution >= 4 is 27.9 Å². The molecule has 0 unspecified atom stereocenters. The molecule has 0 atom stereocenters. The van der Waals surface area contributed by atoms with E-state index in [9.17, 15) is 9.18 Å². The predicted octanol–water partition coefficient (Wildman–Crippen LogP) is 3.30. The van der Waals surface area contributed by atoms with E-state index in [2.05, 4.69) is 21.2 Å². The summed E-state index contributed by atoms with van der Waals surface area (Å²) in [5.41, 5.74) is 1.15. The van der Waals surface area contributed by atoms with Crippen LogP contribution in [0.4, 0.5) is 4.39 Å². The van der Waals surface area contributed by atoms with E-state index < -0.39 is 0 Å². The van der Waals surface area contributed by atoms with Crippen LogP contribution in [0.15, 0.2) is 46.9 Å². The number of hydrogen-bond donors (Lipinski definition) is 2. The van der Waals surface area contributed by atoms with E-state index in [0.29, 0.717) is 27.1 Å². The minimum atomic E-state index is -0.337. The highest BCUT2D eigenvalue weighted by Gasteiger charge is 2.12. The second kappa shape index (κ2) is 9.94. The maximum atomic E-state index is 13.7. The van der Waals surface area contributed by atoms with Crippen LogP contribution in [0.2, 0.25) is 0 Å². The monoisotopic (exact) mass is 423 g/mol. The molecule has 0 aliphatic rings. The summed E-state index contributed by atoms with van der Waals surface area (Å²) in [5.74, 6) is 0.244. The van der Waals surface area contributed by atoms with Gasteiger partial charge in [0.15, 0.2) is 11.5 Å². The lowest BCUT2D eigenvalue weighted by atomic mass is 10.2. The Morgan fingerprint density at radius 2 is 2.12 bits per heavy atom. The molecule has 0 heterocycles. The summed E-state index contributed by atoms with van der Waals surface area (Å²) in [4.78, 5) is 11.6. The van der Waals surface area contributed by atoms with Gasteiger partial charge in [0.05, 0.1) is 18.2 Å². The topological polar surface area (TPSA) is 67.8 Å². The zero-order chi connectivity index (χ0) is 18.9. The first-order chi connectivity index (χ1) is 12.5. The highest BCUT2D eigenvalue weighted by Crippen LogP contribution is 2.37. The van der Waals surface area contributed by atoms with Crippen LogP contribution in [-0.2, 0) is 11.4 Å². The SMILES string of the molecule is COc1cc(/C=C/C(=O)NCCO)cc(Br)c1OCc1ccccc1F. The largest absolute Gasteiger partial charge is 0.493 e. The normalized spacial score (nSPS) is 10.8. The van der Waals surface area contributed by atoms with Gasteiger partial charge in [0.2, 0.25) is 5.91 Å². The lowest BCUT2D eigenvalue weighted by Gasteiger charge is -2.14. The summed E-state index contributed by atoms with van der Waals surface area (Å²) < 4.78 is 25.4. The van der Waals surface area contributed by atoms with Crippen molar-refractivity contribution in [1.82, 2.24) is 5.32 Å². The fourth-order valence-corrected chi connectivity index (χ4v) is 2.73. The minimum Gasteiger partial charge on any atom is -0.493 e. The van der Waals surface area contributed by atoms with Crippen LogP contribution in [0.5, 0.6) is 11.5 Å². The van der Waals surface area contributed by atoms with Crippen molar-refractivity contribution in [3.63, 3.8) is 0 Å². The molecule has 0 saturated carbocycles. The van der Waals surface area contributed by atoms with Crippen molar-refractivity contribution in [2.75, 3.05) is 20.3 Å². The Morgan fingerprint density at radius 3 is 2.81 bits per heavy atom. The van der Waals surface area contributed by atoms with Crippen LogP contribution < -0.4 is 14.8 Å². The number of amides is 1. The summed E-state index contributed by atoms with van der Waals surface area (Å²) >= 11 is 3.41. The van der Waals surface area contributed by atoms with Gasteiger partial charge >= 0.3 is 0 Å². The Kier molecular flexibility index (Phi) is 7.62. The van der Waals surface area contributed by atoms with Gasteiger partial charge < -0.3 is 19.9 Å². The van der Waals surface area contributed by atoms with Crippen molar-refractivity contribution in [2.24, 2.45) is 0 Å². The summed E-state index contributed by atoms with van der Waals surface area (Å²) in [6, 6.07) is 9.85. The molecule has 1 amide bonds. The third-order valence-electron chi connectivity index (χ3n) is 3.42. The minimum absolute atomic E-state index is 0.0559. The molecule has 26 heavy (non-hydrogen) atoms. The first-order valence-corrected chi connectivity index (χ1v) is 8.65. The summed E-state index contributed by atoms with van der Waals surface area (Å²) in [7, 11) is 1.50. The summed E-state index contributed by atoms with van der Waals surface area (Å²) in [5, 5.41) is 11.2. The number of ether oxygens (including phenoxy) is 2. The van der Waals surface area contributed by atoms with Crippen molar-refractivity contribution in [3.8, 4) is 11.5 Å². The van der Waals surface area contributed by atoms with Crippen LogP contribution in [-0.4, -0.2) is 31.3 Å². The zero-order valence-corrected chi connectivity index (χ0v) is 15.8. The van der Waals surface area contributed by atoms with Crippen LogP contribution in [0.25, 0.3) is 6.08 Å². The molecular weight excluding hydrogens is 405 g/mol. The van der Waals surface area contributed by atoms with Crippen molar-refractivity contribution in [1.29, 1.82) is 0 Å². The van der Waals surface area contributed by atoms with Gasteiger partial charge in [-0.3, -0.25) is 4.79 Å². The highest BCUT2D eigenvalue weighted by molar-refractivity contribution is 9.10. The molecule has 7 heteroatoms. The third-order valence-corrected chi connectivity index (χ3v) is 4.01. The van der Waals surface area contributed by atoms with Crippen LogP contribution in [0.3, 0.4) is 0 Å². The lowest BCUT2D eigenvalue weighted by molar-refractivity contribution is -0.116. The van der Waals surface area contributed by atoms with E-state index >= 15 is 0 Å². The number of rotatable bonds is 8. The maximum Gasteiger partial charge on any atom is 0.244 e. The number of nitrogens with one attached hydrogen (secondary N) is 1. The van der Waals surface area contributed by atoms with Crippen LogP contribution in [0.1, 0.15) is 11.1 Å². The molecule has 2 rings (SSSR count). The van der Waals surface area contributed by atoms with E-state index in [1.807, 2.05) is 0 Å². The van der Waals surface area contributed by atoms with Gasteiger partial charge in [0.25, 0.3) is 0 Å². The molecule has 5 nitrogen and oxygen atoms in total. The smallest absolute Gasteiger partial charge is 0.244 e. The molecule has 0 aliphatic heterocycles.